The van der Waals surface area contributed by atoms with E-state index in [9.17, 15) is 4.21 Å². The molecule has 1 atom stereocenters. The van der Waals surface area contributed by atoms with Crippen LogP contribution in [0.4, 0.5) is 5.69 Å². The van der Waals surface area contributed by atoms with Crippen LogP contribution >= 0.6 is 0 Å². The fourth-order valence-corrected chi connectivity index (χ4v) is 2.85. The summed E-state index contributed by atoms with van der Waals surface area (Å²) in [6.45, 7) is 6.94. The molecule has 0 saturated heterocycles. The zero-order valence-electron chi connectivity index (χ0n) is 11.7. The molecule has 19 heavy (non-hydrogen) atoms. The third-order valence-electron chi connectivity index (χ3n) is 3.18. The standard InChI is InChI=1S/C14H21N3OS/c1-4-19(18)8-7-17-13-6-5-11(15)9-12(13)16-14(17)10(2)3/h5-6,9-10H,4,7-8,15H2,1-3H3. The highest BCUT2D eigenvalue weighted by molar-refractivity contribution is 7.84. The first kappa shape index (κ1) is 14.1. The van der Waals surface area contributed by atoms with Crippen molar-refractivity contribution in [3.8, 4) is 0 Å². The SMILES string of the molecule is CCS(=O)CCn1c(C(C)C)nc2cc(N)ccc21. The minimum atomic E-state index is -0.754. The Labute approximate surface area is 116 Å². The predicted octanol–water partition coefficient (Wildman–Crippen LogP) is 2.51. The van der Waals surface area contributed by atoms with Crippen molar-refractivity contribution in [2.24, 2.45) is 0 Å². The molecule has 0 bridgehead atoms. The molecule has 1 heterocycles. The van der Waals surface area contributed by atoms with E-state index in [1.165, 1.54) is 0 Å². The van der Waals surface area contributed by atoms with E-state index in [1.54, 1.807) is 0 Å². The van der Waals surface area contributed by atoms with Gasteiger partial charge in [0.1, 0.15) is 5.82 Å². The van der Waals surface area contributed by atoms with Gasteiger partial charge in [0.15, 0.2) is 0 Å². The van der Waals surface area contributed by atoms with E-state index in [0.717, 1.165) is 29.1 Å². The van der Waals surface area contributed by atoms with Crippen LogP contribution in [0.5, 0.6) is 0 Å². The van der Waals surface area contributed by atoms with Crippen molar-refractivity contribution in [2.45, 2.75) is 33.2 Å². The number of hydrogen-bond donors (Lipinski definition) is 1. The van der Waals surface area contributed by atoms with Gasteiger partial charge in [-0.1, -0.05) is 20.8 Å². The van der Waals surface area contributed by atoms with Crippen molar-refractivity contribution >= 4 is 27.5 Å². The molecule has 1 aromatic heterocycles. The molecule has 2 rings (SSSR count). The Morgan fingerprint density at radius 1 is 1.42 bits per heavy atom. The molecular formula is C14H21N3OS. The Kier molecular flexibility index (Phi) is 4.24. The van der Waals surface area contributed by atoms with Gasteiger partial charge in [-0.3, -0.25) is 4.21 Å². The van der Waals surface area contributed by atoms with Crippen LogP contribution in [0.2, 0.25) is 0 Å². The average molecular weight is 279 g/mol. The number of imidazole rings is 1. The second-order valence-corrected chi connectivity index (χ2v) is 6.82. The number of benzene rings is 1. The second-order valence-electron chi connectivity index (χ2n) is 4.96. The van der Waals surface area contributed by atoms with Gasteiger partial charge >= 0.3 is 0 Å². The Morgan fingerprint density at radius 3 is 2.79 bits per heavy atom. The number of nitrogens with zero attached hydrogens (tertiary/aromatic N) is 2. The summed E-state index contributed by atoms with van der Waals surface area (Å²) >= 11 is 0. The maximum atomic E-state index is 11.6. The van der Waals surface area contributed by atoms with Crippen molar-refractivity contribution in [1.29, 1.82) is 0 Å². The maximum absolute atomic E-state index is 11.6. The summed E-state index contributed by atoms with van der Waals surface area (Å²) < 4.78 is 13.8. The fourth-order valence-electron chi connectivity index (χ4n) is 2.18. The molecule has 2 N–H and O–H groups in total. The Bertz CT molecular complexity index is 604. The van der Waals surface area contributed by atoms with Gasteiger partial charge in [-0.25, -0.2) is 4.98 Å². The van der Waals surface area contributed by atoms with Crippen LogP contribution in [0.3, 0.4) is 0 Å². The first-order chi connectivity index (χ1) is 9.02. The van der Waals surface area contributed by atoms with Gasteiger partial charge in [0.25, 0.3) is 0 Å². The fraction of sp³-hybridized carbons (Fsp3) is 0.500. The Morgan fingerprint density at radius 2 is 2.16 bits per heavy atom. The summed E-state index contributed by atoms with van der Waals surface area (Å²) in [5, 5.41) is 0. The van der Waals surface area contributed by atoms with Gasteiger partial charge in [-0.05, 0) is 18.2 Å². The Hall–Kier alpha value is -1.36. The van der Waals surface area contributed by atoms with Crippen LogP contribution in [0.15, 0.2) is 18.2 Å². The number of aryl methyl sites for hydroxylation is 1. The van der Waals surface area contributed by atoms with E-state index in [0.29, 0.717) is 17.4 Å². The number of nitrogen functional groups attached to an aromatic ring is 1. The van der Waals surface area contributed by atoms with Gasteiger partial charge in [0.05, 0.1) is 11.0 Å². The zero-order valence-corrected chi connectivity index (χ0v) is 12.5. The lowest BCUT2D eigenvalue weighted by molar-refractivity contribution is 0.653. The van der Waals surface area contributed by atoms with Crippen molar-refractivity contribution < 1.29 is 4.21 Å². The average Bonchev–Trinajstić information content (AvgIpc) is 2.73. The number of anilines is 1. The third-order valence-corrected chi connectivity index (χ3v) is 4.46. The van der Waals surface area contributed by atoms with Crippen molar-refractivity contribution in [3.63, 3.8) is 0 Å². The first-order valence-electron chi connectivity index (χ1n) is 6.63. The molecule has 0 amide bonds. The zero-order chi connectivity index (χ0) is 14.0. The molecule has 1 unspecified atom stereocenters. The molecule has 5 heteroatoms. The van der Waals surface area contributed by atoms with Crippen LogP contribution in [0.1, 0.15) is 32.5 Å². The van der Waals surface area contributed by atoms with E-state index in [-0.39, 0.29) is 0 Å². The van der Waals surface area contributed by atoms with Crippen LogP contribution < -0.4 is 5.73 Å². The summed E-state index contributed by atoms with van der Waals surface area (Å²) in [6, 6.07) is 5.79. The number of hydrogen-bond acceptors (Lipinski definition) is 3. The molecule has 0 aliphatic heterocycles. The lowest BCUT2D eigenvalue weighted by atomic mass is 10.2. The summed E-state index contributed by atoms with van der Waals surface area (Å²) in [7, 11) is -0.754. The molecule has 0 fully saturated rings. The van der Waals surface area contributed by atoms with Crippen LogP contribution in [0, 0.1) is 0 Å². The predicted molar refractivity (Wildman–Crippen MR) is 81.8 cm³/mol. The van der Waals surface area contributed by atoms with Crippen molar-refractivity contribution in [3.05, 3.63) is 24.0 Å². The number of aromatic nitrogens is 2. The molecular weight excluding hydrogens is 258 g/mol. The molecule has 104 valence electrons. The maximum Gasteiger partial charge on any atom is 0.112 e. The summed E-state index contributed by atoms with van der Waals surface area (Å²) in [4.78, 5) is 4.66. The minimum absolute atomic E-state index is 0.337. The third kappa shape index (κ3) is 2.97. The number of fused-ring (bicyclic) bond motifs is 1. The highest BCUT2D eigenvalue weighted by Gasteiger charge is 2.14. The van der Waals surface area contributed by atoms with Crippen molar-refractivity contribution in [1.82, 2.24) is 9.55 Å². The van der Waals surface area contributed by atoms with E-state index in [1.807, 2.05) is 25.1 Å². The topological polar surface area (TPSA) is 60.9 Å². The minimum Gasteiger partial charge on any atom is -0.399 e. The van der Waals surface area contributed by atoms with Crippen LogP contribution in [-0.4, -0.2) is 25.3 Å². The van der Waals surface area contributed by atoms with Gasteiger partial charge in [-0.2, -0.15) is 0 Å². The molecule has 2 aromatic rings. The summed E-state index contributed by atoms with van der Waals surface area (Å²) in [5.41, 5.74) is 8.53. The van der Waals surface area contributed by atoms with E-state index < -0.39 is 10.8 Å². The smallest absolute Gasteiger partial charge is 0.112 e. The lowest BCUT2D eigenvalue weighted by Gasteiger charge is -2.11. The second kappa shape index (κ2) is 5.74. The summed E-state index contributed by atoms with van der Waals surface area (Å²) in [6.07, 6.45) is 0. The van der Waals surface area contributed by atoms with Gasteiger partial charge < -0.3 is 10.3 Å². The molecule has 0 spiro atoms. The van der Waals surface area contributed by atoms with Crippen LogP contribution in [-0.2, 0) is 17.3 Å². The van der Waals surface area contributed by atoms with Gasteiger partial charge in [-0.15, -0.1) is 0 Å². The lowest BCUT2D eigenvalue weighted by Crippen LogP contribution is -2.12. The molecule has 0 aliphatic rings. The van der Waals surface area contributed by atoms with Crippen molar-refractivity contribution in [2.75, 3.05) is 17.2 Å². The van der Waals surface area contributed by atoms with E-state index in [2.05, 4.69) is 23.4 Å². The monoisotopic (exact) mass is 279 g/mol. The summed E-state index contributed by atoms with van der Waals surface area (Å²) in [5.74, 6) is 2.75. The largest absolute Gasteiger partial charge is 0.399 e. The van der Waals surface area contributed by atoms with Crippen LogP contribution in [0.25, 0.3) is 11.0 Å². The quantitative estimate of drug-likeness (QED) is 0.855. The molecule has 0 aliphatic carbocycles. The molecule has 0 saturated carbocycles. The highest BCUT2D eigenvalue weighted by atomic mass is 32.2. The molecule has 0 radical (unpaired) electrons. The normalized spacial score (nSPS) is 13.3. The number of rotatable bonds is 5. The van der Waals surface area contributed by atoms with Gasteiger partial charge in [0.2, 0.25) is 0 Å². The first-order valence-corrected chi connectivity index (χ1v) is 8.12. The Balaban J connectivity index is 2.43. The van der Waals surface area contributed by atoms with E-state index >= 15 is 0 Å². The number of nitrogens with two attached hydrogens (primary N) is 1. The molecule has 4 nitrogen and oxygen atoms in total. The molecule has 1 aromatic carbocycles. The highest BCUT2D eigenvalue weighted by Crippen LogP contribution is 2.23. The van der Waals surface area contributed by atoms with Gasteiger partial charge in [0, 0.05) is 40.5 Å². The van der Waals surface area contributed by atoms with E-state index in [4.69, 9.17) is 5.73 Å².